The van der Waals surface area contributed by atoms with Crippen molar-refractivity contribution in [2.24, 2.45) is 5.92 Å². The van der Waals surface area contributed by atoms with Crippen molar-refractivity contribution in [1.29, 1.82) is 0 Å². The van der Waals surface area contributed by atoms with E-state index < -0.39 is 0 Å². The van der Waals surface area contributed by atoms with Crippen LogP contribution in [0.2, 0.25) is 0 Å². The molecule has 0 saturated heterocycles. The second-order valence-electron chi connectivity index (χ2n) is 6.40. The molecule has 1 unspecified atom stereocenters. The standard InChI is InChI=1S/C20H18N2O2/c1-12-8-15-17(10-19(12)23)22(14-6-4-3-5-7-14)18-11-20(24)13(2)9-16(18)21-15/h3-8,10-11,13,24H,9H2,1-2H3. The number of aromatic nitrogens is 2. The zero-order valence-electron chi connectivity index (χ0n) is 13.7. The average molecular weight is 318 g/mol. The second kappa shape index (κ2) is 5.34. The Bertz CT molecular complexity index is 987. The molecule has 120 valence electrons. The lowest BCUT2D eigenvalue weighted by atomic mass is 9.94. The molecule has 4 nitrogen and oxygen atoms in total. The Morgan fingerprint density at radius 3 is 2.71 bits per heavy atom. The van der Waals surface area contributed by atoms with Gasteiger partial charge in [0, 0.05) is 30.2 Å². The Hall–Kier alpha value is -2.88. The third kappa shape index (κ3) is 2.22. The Kier molecular flexibility index (Phi) is 3.27. The van der Waals surface area contributed by atoms with Gasteiger partial charge in [-0.15, -0.1) is 0 Å². The largest absolute Gasteiger partial charge is 0.512 e. The highest BCUT2D eigenvalue weighted by Gasteiger charge is 2.25. The molecule has 1 aromatic carbocycles. The smallest absolute Gasteiger partial charge is 0.183 e. The van der Waals surface area contributed by atoms with E-state index in [0.717, 1.165) is 28.5 Å². The van der Waals surface area contributed by atoms with Crippen molar-refractivity contribution in [3.05, 3.63) is 75.4 Å². The number of benzene rings is 2. The lowest BCUT2D eigenvalue weighted by Crippen LogP contribution is -2.20. The maximum absolute atomic E-state index is 12.2. The molecule has 1 aliphatic heterocycles. The monoisotopic (exact) mass is 318 g/mol. The van der Waals surface area contributed by atoms with E-state index in [1.807, 2.05) is 54.8 Å². The zero-order valence-corrected chi connectivity index (χ0v) is 13.7. The molecule has 0 spiro atoms. The van der Waals surface area contributed by atoms with E-state index in [0.29, 0.717) is 17.7 Å². The molecule has 0 amide bonds. The lowest BCUT2D eigenvalue weighted by molar-refractivity contribution is 0.339. The molecular formula is C20H18N2O2. The molecule has 24 heavy (non-hydrogen) atoms. The summed E-state index contributed by atoms with van der Waals surface area (Å²) in [4.78, 5) is 17.0. The number of para-hydroxylation sites is 1. The van der Waals surface area contributed by atoms with Crippen LogP contribution in [0.5, 0.6) is 0 Å². The molecule has 0 bridgehead atoms. The van der Waals surface area contributed by atoms with E-state index in [-0.39, 0.29) is 11.3 Å². The van der Waals surface area contributed by atoms with Crippen molar-refractivity contribution in [3.63, 3.8) is 0 Å². The molecule has 0 fully saturated rings. The van der Waals surface area contributed by atoms with Crippen LogP contribution < -0.4 is 5.43 Å². The fourth-order valence-electron chi connectivity index (χ4n) is 3.22. The van der Waals surface area contributed by atoms with Crippen LogP contribution in [0, 0.1) is 12.8 Å². The van der Waals surface area contributed by atoms with Crippen LogP contribution in [0.3, 0.4) is 0 Å². The van der Waals surface area contributed by atoms with E-state index in [4.69, 9.17) is 4.98 Å². The molecule has 1 atom stereocenters. The third-order valence-corrected chi connectivity index (χ3v) is 4.61. The number of hydrogen-bond acceptors (Lipinski definition) is 3. The predicted molar refractivity (Wildman–Crippen MR) is 94.7 cm³/mol. The van der Waals surface area contributed by atoms with Gasteiger partial charge in [-0.3, -0.25) is 4.79 Å². The summed E-state index contributed by atoms with van der Waals surface area (Å²) in [6.07, 6.45) is 2.45. The molecule has 2 aliphatic carbocycles. The molecule has 0 aromatic heterocycles. The van der Waals surface area contributed by atoms with E-state index in [1.165, 1.54) is 0 Å². The molecule has 1 heterocycles. The Morgan fingerprint density at radius 2 is 1.96 bits per heavy atom. The predicted octanol–water partition coefficient (Wildman–Crippen LogP) is 3.74. The van der Waals surface area contributed by atoms with Crippen molar-refractivity contribution >= 4 is 6.08 Å². The summed E-state index contributed by atoms with van der Waals surface area (Å²) in [6, 6.07) is 13.3. The highest BCUT2D eigenvalue weighted by Crippen LogP contribution is 2.33. The number of rotatable bonds is 1. The topological polar surface area (TPSA) is 55.1 Å². The van der Waals surface area contributed by atoms with Crippen LogP contribution in [0.25, 0.3) is 23.2 Å². The maximum atomic E-state index is 12.2. The van der Waals surface area contributed by atoms with Crippen LogP contribution >= 0.6 is 0 Å². The third-order valence-electron chi connectivity index (χ3n) is 4.61. The number of allylic oxidation sites excluding steroid dienone is 1. The SMILES string of the molecule is Cc1cc2nc3c(n(-c4ccccc4)c-2cc1=O)C=C(O)C(C)C3. The molecule has 0 saturated carbocycles. The van der Waals surface area contributed by atoms with Crippen molar-refractivity contribution < 1.29 is 5.11 Å². The van der Waals surface area contributed by atoms with Gasteiger partial charge in [0.25, 0.3) is 0 Å². The fraction of sp³-hybridized carbons (Fsp3) is 0.200. The minimum absolute atomic E-state index is 0.00805. The van der Waals surface area contributed by atoms with Gasteiger partial charge in [-0.05, 0) is 30.7 Å². The summed E-state index contributed by atoms with van der Waals surface area (Å²) >= 11 is 0. The first-order valence-electron chi connectivity index (χ1n) is 8.07. The first kappa shape index (κ1) is 14.7. The van der Waals surface area contributed by atoms with Gasteiger partial charge in [0.1, 0.15) is 0 Å². The van der Waals surface area contributed by atoms with E-state index >= 15 is 0 Å². The Morgan fingerprint density at radius 1 is 1.21 bits per heavy atom. The summed E-state index contributed by atoms with van der Waals surface area (Å²) in [5.41, 5.74) is 4.97. The molecule has 1 aromatic rings. The maximum Gasteiger partial charge on any atom is 0.183 e. The number of aliphatic hydroxyl groups excluding tert-OH is 1. The Balaban J connectivity index is 2.14. The lowest BCUT2D eigenvalue weighted by Gasteiger charge is -2.26. The summed E-state index contributed by atoms with van der Waals surface area (Å²) in [7, 11) is 0. The van der Waals surface area contributed by atoms with Crippen molar-refractivity contribution in [2.45, 2.75) is 20.3 Å². The first-order chi connectivity index (χ1) is 11.5. The molecular weight excluding hydrogens is 300 g/mol. The average Bonchev–Trinajstić information content (AvgIpc) is 2.57. The fourth-order valence-corrected chi connectivity index (χ4v) is 3.22. The van der Waals surface area contributed by atoms with Gasteiger partial charge in [-0.2, -0.15) is 0 Å². The van der Waals surface area contributed by atoms with Gasteiger partial charge in [-0.25, -0.2) is 4.98 Å². The van der Waals surface area contributed by atoms with E-state index in [2.05, 4.69) is 0 Å². The van der Waals surface area contributed by atoms with Gasteiger partial charge in [0.05, 0.1) is 28.5 Å². The van der Waals surface area contributed by atoms with Gasteiger partial charge in [0.2, 0.25) is 0 Å². The molecule has 1 N–H and O–H groups in total. The molecule has 0 radical (unpaired) electrons. The molecule has 4 rings (SSSR count). The minimum atomic E-state index is -0.00805. The van der Waals surface area contributed by atoms with Crippen molar-refractivity contribution in [2.75, 3.05) is 0 Å². The summed E-state index contributed by atoms with van der Waals surface area (Å²) in [6.45, 7) is 3.80. The normalized spacial score (nSPS) is 16.8. The second-order valence-corrected chi connectivity index (χ2v) is 6.40. The molecule has 4 heteroatoms. The highest BCUT2D eigenvalue weighted by atomic mass is 16.3. The number of nitrogens with zero attached hydrogens (tertiary/aromatic N) is 2. The minimum Gasteiger partial charge on any atom is -0.512 e. The van der Waals surface area contributed by atoms with Crippen molar-refractivity contribution in [1.82, 2.24) is 9.55 Å². The van der Waals surface area contributed by atoms with Gasteiger partial charge >= 0.3 is 0 Å². The highest BCUT2D eigenvalue weighted by molar-refractivity contribution is 5.68. The Labute approximate surface area is 140 Å². The van der Waals surface area contributed by atoms with Gasteiger partial charge < -0.3 is 9.67 Å². The van der Waals surface area contributed by atoms with Crippen LogP contribution in [0.1, 0.15) is 23.9 Å². The quantitative estimate of drug-likeness (QED) is 0.743. The summed E-state index contributed by atoms with van der Waals surface area (Å²) in [5, 5.41) is 10.2. The van der Waals surface area contributed by atoms with Crippen molar-refractivity contribution in [3.8, 4) is 17.1 Å². The number of hydrogen-bond donors (Lipinski definition) is 1. The number of fused-ring (bicyclic) bond motifs is 2. The zero-order chi connectivity index (χ0) is 16.8. The number of aliphatic hydroxyl groups is 1. The molecule has 3 aliphatic rings. The van der Waals surface area contributed by atoms with Crippen LogP contribution in [0.15, 0.2) is 53.0 Å². The van der Waals surface area contributed by atoms with E-state index in [9.17, 15) is 9.90 Å². The van der Waals surface area contributed by atoms with Crippen LogP contribution in [0.4, 0.5) is 0 Å². The van der Waals surface area contributed by atoms with E-state index in [1.54, 1.807) is 12.1 Å². The van der Waals surface area contributed by atoms with Gasteiger partial charge in [0.15, 0.2) is 5.43 Å². The summed E-state index contributed by atoms with van der Waals surface area (Å²) in [5.74, 6) is 0.398. The van der Waals surface area contributed by atoms with Gasteiger partial charge in [-0.1, -0.05) is 25.1 Å². The first-order valence-corrected chi connectivity index (χ1v) is 8.07. The number of aryl methyl sites for hydroxylation is 1. The van der Waals surface area contributed by atoms with Crippen LogP contribution in [-0.2, 0) is 6.42 Å². The van der Waals surface area contributed by atoms with Crippen LogP contribution in [-0.4, -0.2) is 14.7 Å². The summed E-state index contributed by atoms with van der Waals surface area (Å²) < 4.78 is 2.01.